The molecule has 0 amide bonds. The molecule has 0 aliphatic rings. The third-order valence-corrected chi connectivity index (χ3v) is 3.11. The Morgan fingerprint density at radius 1 is 0.957 bits per heavy atom. The van der Waals surface area contributed by atoms with Gasteiger partial charge in [-0.05, 0) is 19.1 Å². The van der Waals surface area contributed by atoms with Gasteiger partial charge in [0.25, 0.3) is 0 Å². The number of rotatable bonds is 6. The lowest BCUT2D eigenvalue weighted by Gasteiger charge is -2.15. The predicted molar refractivity (Wildman–Crippen MR) is 79.2 cm³/mol. The van der Waals surface area contributed by atoms with Crippen LogP contribution in [0.25, 0.3) is 0 Å². The first-order valence-corrected chi connectivity index (χ1v) is 6.83. The monoisotopic (exact) mass is 327 g/mol. The SMILES string of the molecule is CCOc1cc(F)c(N)cc1OCc1c(OC)ccc(F)c1F. The number of hydrogen-bond donors (Lipinski definition) is 1. The molecule has 2 rings (SSSR count). The van der Waals surface area contributed by atoms with Gasteiger partial charge < -0.3 is 19.9 Å². The van der Waals surface area contributed by atoms with Crippen molar-refractivity contribution in [2.24, 2.45) is 0 Å². The molecule has 0 aromatic heterocycles. The van der Waals surface area contributed by atoms with Crippen molar-refractivity contribution in [2.45, 2.75) is 13.5 Å². The van der Waals surface area contributed by atoms with Crippen molar-refractivity contribution in [3.05, 3.63) is 47.3 Å². The van der Waals surface area contributed by atoms with E-state index in [1.807, 2.05) is 0 Å². The van der Waals surface area contributed by atoms with Crippen LogP contribution in [0.5, 0.6) is 17.2 Å². The smallest absolute Gasteiger partial charge is 0.169 e. The molecule has 0 aliphatic carbocycles. The summed E-state index contributed by atoms with van der Waals surface area (Å²) in [5.74, 6) is -2.37. The normalized spacial score (nSPS) is 10.5. The highest BCUT2D eigenvalue weighted by Crippen LogP contribution is 2.33. The van der Waals surface area contributed by atoms with Gasteiger partial charge in [-0.25, -0.2) is 13.2 Å². The molecular formula is C16H16F3NO3. The first-order valence-electron chi connectivity index (χ1n) is 6.83. The highest BCUT2D eigenvalue weighted by atomic mass is 19.2. The van der Waals surface area contributed by atoms with E-state index >= 15 is 0 Å². The number of benzene rings is 2. The van der Waals surface area contributed by atoms with Crippen LogP contribution in [0.15, 0.2) is 24.3 Å². The Morgan fingerprint density at radius 2 is 1.65 bits per heavy atom. The molecule has 0 unspecified atom stereocenters. The van der Waals surface area contributed by atoms with E-state index in [4.69, 9.17) is 19.9 Å². The van der Waals surface area contributed by atoms with Crippen molar-refractivity contribution in [2.75, 3.05) is 19.5 Å². The van der Waals surface area contributed by atoms with Crippen LogP contribution in [0.1, 0.15) is 12.5 Å². The molecule has 0 radical (unpaired) electrons. The fourth-order valence-corrected chi connectivity index (χ4v) is 1.98. The number of nitrogen functional groups attached to an aromatic ring is 1. The molecule has 0 fully saturated rings. The Kier molecular flexibility index (Phi) is 5.20. The summed E-state index contributed by atoms with van der Waals surface area (Å²) in [4.78, 5) is 0. The van der Waals surface area contributed by atoms with E-state index in [1.165, 1.54) is 19.2 Å². The van der Waals surface area contributed by atoms with E-state index in [2.05, 4.69) is 0 Å². The Hall–Kier alpha value is -2.57. The number of anilines is 1. The maximum Gasteiger partial charge on any atom is 0.169 e. The van der Waals surface area contributed by atoms with Crippen LogP contribution >= 0.6 is 0 Å². The van der Waals surface area contributed by atoms with Crippen molar-refractivity contribution in [3.8, 4) is 17.2 Å². The van der Waals surface area contributed by atoms with Crippen LogP contribution in [0.3, 0.4) is 0 Å². The van der Waals surface area contributed by atoms with Crippen LogP contribution < -0.4 is 19.9 Å². The second-order valence-electron chi connectivity index (χ2n) is 4.58. The molecule has 0 saturated heterocycles. The second-order valence-corrected chi connectivity index (χ2v) is 4.58. The molecule has 0 aliphatic heterocycles. The first kappa shape index (κ1) is 16.8. The molecule has 0 atom stereocenters. The standard InChI is InChI=1S/C16H16F3NO3/c1-3-22-14-6-11(18)12(20)7-15(14)23-8-9-13(21-2)5-4-10(17)16(9)19/h4-7H,3,8,20H2,1-2H3. The molecule has 23 heavy (non-hydrogen) atoms. The largest absolute Gasteiger partial charge is 0.496 e. The van der Waals surface area contributed by atoms with E-state index in [0.717, 1.165) is 12.1 Å². The van der Waals surface area contributed by atoms with Gasteiger partial charge in [-0.15, -0.1) is 0 Å². The van der Waals surface area contributed by atoms with Crippen molar-refractivity contribution in [1.29, 1.82) is 0 Å². The van der Waals surface area contributed by atoms with Gasteiger partial charge in [0, 0.05) is 12.1 Å². The average Bonchev–Trinajstić information content (AvgIpc) is 2.53. The highest BCUT2D eigenvalue weighted by Gasteiger charge is 2.17. The third kappa shape index (κ3) is 3.61. The quantitative estimate of drug-likeness (QED) is 0.823. The summed E-state index contributed by atoms with van der Waals surface area (Å²) in [7, 11) is 1.33. The first-order chi connectivity index (χ1) is 11.0. The molecule has 2 aromatic carbocycles. The maximum atomic E-state index is 13.9. The minimum atomic E-state index is -1.07. The Balaban J connectivity index is 2.31. The molecule has 2 aromatic rings. The number of hydrogen-bond acceptors (Lipinski definition) is 4. The van der Waals surface area contributed by atoms with Gasteiger partial charge in [0.2, 0.25) is 0 Å². The Bertz CT molecular complexity index is 707. The van der Waals surface area contributed by atoms with Gasteiger partial charge >= 0.3 is 0 Å². The van der Waals surface area contributed by atoms with E-state index in [0.29, 0.717) is 0 Å². The van der Waals surface area contributed by atoms with Gasteiger partial charge in [0.1, 0.15) is 18.2 Å². The summed E-state index contributed by atoms with van der Waals surface area (Å²) >= 11 is 0. The van der Waals surface area contributed by atoms with Crippen molar-refractivity contribution in [3.63, 3.8) is 0 Å². The highest BCUT2D eigenvalue weighted by molar-refractivity contribution is 5.53. The van der Waals surface area contributed by atoms with Crippen LogP contribution in [-0.4, -0.2) is 13.7 Å². The zero-order valence-electron chi connectivity index (χ0n) is 12.7. The molecule has 0 bridgehead atoms. The minimum Gasteiger partial charge on any atom is -0.496 e. The topological polar surface area (TPSA) is 53.7 Å². The average molecular weight is 327 g/mol. The van der Waals surface area contributed by atoms with E-state index in [9.17, 15) is 13.2 Å². The van der Waals surface area contributed by atoms with E-state index in [1.54, 1.807) is 6.92 Å². The molecular weight excluding hydrogens is 311 g/mol. The van der Waals surface area contributed by atoms with Gasteiger partial charge in [-0.3, -0.25) is 0 Å². The zero-order valence-corrected chi connectivity index (χ0v) is 12.7. The molecule has 0 saturated carbocycles. The third-order valence-electron chi connectivity index (χ3n) is 3.11. The molecule has 124 valence electrons. The number of methoxy groups -OCH3 is 1. The van der Waals surface area contributed by atoms with E-state index in [-0.39, 0.29) is 41.7 Å². The van der Waals surface area contributed by atoms with E-state index < -0.39 is 17.5 Å². The summed E-state index contributed by atoms with van der Waals surface area (Å²) in [5.41, 5.74) is 5.25. The van der Waals surface area contributed by atoms with Gasteiger partial charge in [-0.1, -0.05) is 0 Å². The summed E-state index contributed by atoms with van der Waals surface area (Å²) in [6, 6.07) is 4.55. The molecule has 4 nitrogen and oxygen atoms in total. The summed E-state index contributed by atoms with van der Waals surface area (Å²) < 4.78 is 56.4. The number of nitrogens with two attached hydrogens (primary N) is 1. The summed E-state index contributed by atoms with van der Waals surface area (Å²) in [6.07, 6.45) is 0. The fraction of sp³-hybridized carbons (Fsp3) is 0.250. The van der Waals surface area contributed by atoms with Crippen molar-refractivity contribution < 1.29 is 27.4 Å². The van der Waals surface area contributed by atoms with Gasteiger partial charge in [-0.2, -0.15) is 0 Å². The molecule has 0 heterocycles. The second kappa shape index (κ2) is 7.13. The summed E-state index contributed by atoms with van der Waals surface area (Å²) in [6.45, 7) is 1.66. The number of halogens is 3. The van der Waals surface area contributed by atoms with Crippen LogP contribution in [0.2, 0.25) is 0 Å². The number of ether oxygens (including phenoxy) is 3. The Labute approximate surface area is 131 Å². The zero-order chi connectivity index (χ0) is 17.0. The van der Waals surface area contributed by atoms with Gasteiger partial charge in [0.05, 0.1) is 25.0 Å². The Morgan fingerprint density at radius 3 is 2.30 bits per heavy atom. The fourth-order valence-electron chi connectivity index (χ4n) is 1.98. The van der Waals surface area contributed by atoms with Crippen LogP contribution in [-0.2, 0) is 6.61 Å². The predicted octanol–water partition coefficient (Wildman–Crippen LogP) is 3.67. The van der Waals surface area contributed by atoms with Crippen molar-refractivity contribution >= 4 is 5.69 Å². The minimum absolute atomic E-state index is 0.0992. The molecule has 7 heteroatoms. The lowest BCUT2D eigenvalue weighted by Crippen LogP contribution is -2.06. The van der Waals surface area contributed by atoms with Crippen LogP contribution in [0, 0.1) is 17.5 Å². The maximum absolute atomic E-state index is 13.9. The van der Waals surface area contributed by atoms with Gasteiger partial charge in [0.15, 0.2) is 23.1 Å². The lowest BCUT2D eigenvalue weighted by atomic mass is 10.2. The van der Waals surface area contributed by atoms with Crippen LogP contribution in [0.4, 0.5) is 18.9 Å². The summed E-state index contributed by atoms with van der Waals surface area (Å²) in [5, 5.41) is 0. The lowest BCUT2D eigenvalue weighted by molar-refractivity contribution is 0.258. The van der Waals surface area contributed by atoms with Crippen molar-refractivity contribution in [1.82, 2.24) is 0 Å². The molecule has 0 spiro atoms. The molecule has 2 N–H and O–H groups in total.